The maximum Gasteiger partial charge on any atom is 0.130 e. The van der Waals surface area contributed by atoms with E-state index >= 15 is 0 Å². The summed E-state index contributed by atoms with van der Waals surface area (Å²) < 4.78 is 7.86. The van der Waals surface area contributed by atoms with Gasteiger partial charge in [-0.1, -0.05) is 19.1 Å². The van der Waals surface area contributed by atoms with Gasteiger partial charge in [0.25, 0.3) is 0 Å². The van der Waals surface area contributed by atoms with Gasteiger partial charge in [0.15, 0.2) is 0 Å². The fourth-order valence-corrected chi connectivity index (χ4v) is 2.12. The number of ether oxygens (including phenoxy) is 1. The van der Waals surface area contributed by atoms with Crippen LogP contribution in [0.3, 0.4) is 0 Å². The van der Waals surface area contributed by atoms with E-state index in [1.165, 1.54) is 0 Å². The lowest BCUT2D eigenvalue weighted by Crippen LogP contribution is -2.07. The highest BCUT2D eigenvalue weighted by Crippen LogP contribution is 2.19. The molecular weight excluding hydrogens is 250 g/mol. The number of nitrogens with two attached hydrogens (primary N) is 1. The molecule has 0 spiro atoms. The molecule has 108 valence electrons. The van der Waals surface area contributed by atoms with Crippen LogP contribution in [0.15, 0.2) is 30.3 Å². The molecule has 0 aliphatic rings. The number of hydrogen-bond donors (Lipinski definition) is 1. The van der Waals surface area contributed by atoms with Gasteiger partial charge in [0.05, 0.1) is 11.4 Å². The molecular formula is C16H23N3O. The number of aryl methyl sites for hydroxylation is 2. The van der Waals surface area contributed by atoms with Crippen molar-refractivity contribution in [3.63, 3.8) is 0 Å². The Morgan fingerprint density at radius 3 is 2.75 bits per heavy atom. The minimum Gasteiger partial charge on any atom is -0.487 e. The molecule has 2 N–H and O–H groups in total. The Kier molecular flexibility index (Phi) is 4.79. The van der Waals surface area contributed by atoms with Crippen LogP contribution in [0.2, 0.25) is 0 Å². The van der Waals surface area contributed by atoms with E-state index in [-0.39, 0.29) is 6.04 Å². The lowest BCUT2D eigenvalue weighted by molar-refractivity contribution is 0.292. The number of rotatable bonds is 6. The Bertz CT molecular complexity index is 561. The average molecular weight is 273 g/mol. The van der Waals surface area contributed by atoms with Crippen LogP contribution in [0.4, 0.5) is 0 Å². The summed E-state index contributed by atoms with van der Waals surface area (Å²) in [5, 5.41) is 4.52. The monoisotopic (exact) mass is 273 g/mol. The number of aromatic nitrogens is 2. The SMILES string of the molecule is CCc1cc(COc2cccc(C(C)N)c2)n(CC)n1. The van der Waals surface area contributed by atoms with Gasteiger partial charge < -0.3 is 10.5 Å². The summed E-state index contributed by atoms with van der Waals surface area (Å²) >= 11 is 0. The Morgan fingerprint density at radius 2 is 2.10 bits per heavy atom. The lowest BCUT2D eigenvalue weighted by atomic mass is 10.1. The van der Waals surface area contributed by atoms with Crippen molar-refractivity contribution in [1.82, 2.24) is 9.78 Å². The summed E-state index contributed by atoms with van der Waals surface area (Å²) in [6, 6.07) is 10.1. The van der Waals surface area contributed by atoms with Crippen molar-refractivity contribution in [2.75, 3.05) is 0 Å². The average Bonchev–Trinajstić information content (AvgIpc) is 2.88. The van der Waals surface area contributed by atoms with Gasteiger partial charge >= 0.3 is 0 Å². The Balaban J connectivity index is 2.08. The topological polar surface area (TPSA) is 53.1 Å². The molecule has 0 aliphatic carbocycles. The predicted octanol–water partition coefficient (Wildman–Crippen LogP) is 3.06. The highest BCUT2D eigenvalue weighted by atomic mass is 16.5. The van der Waals surface area contributed by atoms with Gasteiger partial charge in [0.1, 0.15) is 12.4 Å². The van der Waals surface area contributed by atoms with Crippen molar-refractivity contribution < 1.29 is 4.74 Å². The van der Waals surface area contributed by atoms with Gasteiger partial charge in [0, 0.05) is 12.6 Å². The predicted molar refractivity (Wildman–Crippen MR) is 80.7 cm³/mol. The maximum absolute atomic E-state index is 5.89. The summed E-state index contributed by atoms with van der Waals surface area (Å²) in [5.41, 5.74) is 9.18. The highest BCUT2D eigenvalue weighted by molar-refractivity contribution is 5.30. The Morgan fingerprint density at radius 1 is 1.30 bits per heavy atom. The highest BCUT2D eigenvalue weighted by Gasteiger charge is 2.07. The van der Waals surface area contributed by atoms with E-state index in [0.29, 0.717) is 6.61 Å². The Labute approximate surface area is 120 Å². The van der Waals surface area contributed by atoms with Gasteiger partial charge in [-0.25, -0.2) is 0 Å². The molecule has 1 atom stereocenters. The molecule has 1 aromatic carbocycles. The van der Waals surface area contributed by atoms with E-state index in [0.717, 1.165) is 35.7 Å². The van der Waals surface area contributed by atoms with Crippen molar-refractivity contribution in [2.24, 2.45) is 5.73 Å². The van der Waals surface area contributed by atoms with Crippen LogP contribution in [0.1, 0.15) is 43.8 Å². The summed E-state index contributed by atoms with van der Waals surface area (Å²) in [6.45, 7) is 7.56. The number of nitrogens with zero attached hydrogens (tertiary/aromatic N) is 2. The normalized spacial score (nSPS) is 12.4. The molecule has 0 radical (unpaired) electrons. The van der Waals surface area contributed by atoms with Crippen LogP contribution in [0, 0.1) is 0 Å². The summed E-state index contributed by atoms with van der Waals surface area (Å²) in [7, 11) is 0. The molecule has 1 unspecified atom stereocenters. The molecule has 4 heteroatoms. The molecule has 0 saturated heterocycles. The van der Waals surface area contributed by atoms with Gasteiger partial charge in [-0.15, -0.1) is 0 Å². The molecule has 0 aliphatic heterocycles. The van der Waals surface area contributed by atoms with Gasteiger partial charge in [0.2, 0.25) is 0 Å². The van der Waals surface area contributed by atoms with Gasteiger partial charge in [-0.2, -0.15) is 5.10 Å². The largest absolute Gasteiger partial charge is 0.487 e. The molecule has 1 heterocycles. The zero-order chi connectivity index (χ0) is 14.5. The van der Waals surface area contributed by atoms with Crippen molar-refractivity contribution >= 4 is 0 Å². The smallest absolute Gasteiger partial charge is 0.130 e. The third-order valence-corrected chi connectivity index (χ3v) is 3.35. The first-order valence-corrected chi connectivity index (χ1v) is 7.18. The first kappa shape index (κ1) is 14.6. The van der Waals surface area contributed by atoms with E-state index in [9.17, 15) is 0 Å². The van der Waals surface area contributed by atoms with Crippen molar-refractivity contribution in [1.29, 1.82) is 0 Å². The van der Waals surface area contributed by atoms with E-state index < -0.39 is 0 Å². The molecule has 2 aromatic rings. The van der Waals surface area contributed by atoms with Crippen LogP contribution in [0.25, 0.3) is 0 Å². The van der Waals surface area contributed by atoms with Gasteiger partial charge in [-0.3, -0.25) is 4.68 Å². The second-order valence-electron chi connectivity index (χ2n) is 4.95. The zero-order valence-corrected chi connectivity index (χ0v) is 12.5. The van der Waals surface area contributed by atoms with Crippen LogP contribution in [-0.4, -0.2) is 9.78 Å². The molecule has 4 nitrogen and oxygen atoms in total. The summed E-state index contributed by atoms with van der Waals surface area (Å²) in [6.07, 6.45) is 0.945. The quantitative estimate of drug-likeness (QED) is 0.880. The van der Waals surface area contributed by atoms with Crippen LogP contribution < -0.4 is 10.5 Å². The number of hydrogen-bond acceptors (Lipinski definition) is 3. The number of benzene rings is 1. The van der Waals surface area contributed by atoms with Gasteiger partial charge in [-0.05, 0) is 44.0 Å². The minimum absolute atomic E-state index is 0.0198. The molecule has 1 aromatic heterocycles. The van der Waals surface area contributed by atoms with Crippen molar-refractivity contribution in [3.05, 3.63) is 47.3 Å². The van der Waals surface area contributed by atoms with Crippen LogP contribution in [-0.2, 0) is 19.6 Å². The molecule has 20 heavy (non-hydrogen) atoms. The second kappa shape index (κ2) is 6.57. The van der Waals surface area contributed by atoms with Crippen molar-refractivity contribution in [3.8, 4) is 5.75 Å². The van der Waals surface area contributed by atoms with Crippen LogP contribution in [0.5, 0.6) is 5.75 Å². The van der Waals surface area contributed by atoms with Crippen LogP contribution >= 0.6 is 0 Å². The first-order valence-electron chi connectivity index (χ1n) is 7.18. The summed E-state index contributed by atoms with van der Waals surface area (Å²) in [5.74, 6) is 0.849. The fourth-order valence-electron chi connectivity index (χ4n) is 2.12. The van der Waals surface area contributed by atoms with E-state index in [2.05, 4.69) is 25.0 Å². The fraction of sp³-hybridized carbons (Fsp3) is 0.438. The molecule has 0 bridgehead atoms. The maximum atomic E-state index is 5.89. The van der Waals surface area contributed by atoms with Crippen molar-refractivity contribution in [2.45, 2.75) is 46.4 Å². The third kappa shape index (κ3) is 3.39. The Hall–Kier alpha value is -1.81. The van der Waals surface area contributed by atoms with E-state index in [1.807, 2.05) is 35.9 Å². The molecule has 0 fully saturated rings. The summed E-state index contributed by atoms with van der Waals surface area (Å²) in [4.78, 5) is 0. The second-order valence-corrected chi connectivity index (χ2v) is 4.95. The molecule has 0 amide bonds. The zero-order valence-electron chi connectivity index (χ0n) is 12.5. The van der Waals surface area contributed by atoms with E-state index in [1.54, 1.807) is 0 Å². The molecule has 0 saturated carbocycles. The van der Waals surface area contributed by atoms with E-state index in [4.69, 9.17) is 10.5 Å². The standard InChI is InChI=1S/C16H23N3O/c1-4-14-10-15(19(5-2)18-14)11-20-16-8-6-7-13(9-16)12(3)17/h6-10,12H,4-5,11,17H2,1-3H3. The lowest BCUT2D eigenvalue weighted by Gasteiger charge is -2.10. The molecule has 2 rings (SSSR count). The minimum atomic E-state index is 0.0198. The first-order chi connectivity index (χ1) is 9.63. The third-order valence-electron chi connectivity index (χ3n) is 3.35.